The van der Waals surface area contributed by atoms with Crippen LogP contribution < -0.4 is 0 Å². The summed E-state index contributed by atoms with van der Waals surface area (Å²) in [4.78, 5) is 11.8. The molecule has 0 atom stereocenters. The molecule has 2 N–H and O–H groups in total. The summed E-state index contributed by atoms with van der Waals surface area (Å²) in [6.45, 7) is 0. The summed E-state index contributed by atoms with van der Waals surface area (Å²) in [5, 5.41) is 21.3. The van der Waals surface area contributed by atoms with Crippen LogP contribution in [-0.2, 0) is 0 Å². The molecular formula is C14H10O3. The van der Waals surface area contributed by atoms with Crippen molar-refractivity contribution in [3.8, 4) is 11.5 Å². The molecule has 0 radical (unpaired) electrons. The average Bonchev–Trinajstić information content (AvgIpc) is 2.36. The highest BCUT2D eigenvalue weighted by Gasteiger charge is 2.23. The Morgan fingerprint density at radius 1 is 1.00 bits per heavy atom. The van der Waals surface area contributed by atoms with E-state index < -0.39 is 0 Å². The topological polar surface area (TPSA) is 57.5 Å². The Bertz CT molecular complexity index is 669. The van der Waals surface area contributed by atoms with Crippen molar-refractivity contribution in [1.29, 1.82) is 0 Å². The van der Waals surface area contributed by atoms with E-state index in [-0.39, 0.29) is 29.3 Å². The van der Waals surface area contributed by atoms with Crippen molar-refractivity contribution >= 4 is 22.6 Å². The molecule has 0 saturated carbocycles. The summed E-state index contributed by atoms with van der Waals surface area (Å²) in [6, 6.07) is 6.95. The fourth-order valence-corrected chi connectivity index (χ4v) is 2.25. The van der Waals surface area contributed by atoms with Gasteiger partial charge in [-0.1, -0.05) is 36.4 Å². The first kappa shape index (κ1) is 9.90. The molecular weight excluding hydrogens is 216 g/mol. The molecule has 3 nitrogen and oxygen atoms in total. The smallest absolute Gasteiger partial charge is 0.171 e. The predicted octanol–water partition coefficient (Wildman–Crippen LogP) is 2.85. The van der Waals surface area contributed by atoms with Gasteiger partial charge in [0.25, 0.3) is 0 Å². The normalized spacial score (nSPS) is 14.0. The number of Topliss-reactive ketones (excluding diaryl/α,β-unsaturated/α-hetero) is 1. The molecule has 0 bridgehead atoms. The van der Waals surface area contributed by atoms with E-state index in [0.29, 0.717) is 16.3 Å². The van der Waals surface area contributed by atoms with E-state index in [9.17, 15) is 15.0 Å². The summed E-state index contributed by atoms with van der Waals surface area (Å²) in [7, 11) is 0. The van der Waals surface area contributed by atoms with Crippen LogP contribution in [0.2, 0.25) is 0 Å². The van der Waals surface area contributed by atoms with Crippen molar-refractivity contribution in [2.75, 3.05) is 0 Å². The maximum absolute atomic E-state index is 11.8. The van der Waals surface area contributed by atoms with Gasteiger partial charge in [0, 0.05) is 22.8 Å². The van der Waals surface area contributed by atoms with Crippen molar-refractivity contribution in [2.45, 2.75) is 6.42 Å². The first-order valence-corrected chi connectivity index (χ1v) is 5.36. The molecule has 0 fully saturated rings. The Morgan fingerprint density at radius 2 is 1.65 bits per heavy atom. The number of carbonyl (C=O) groups is 1. The lowest BCUT2D eigenvalue weighted by Gasteiger charge is -2.15. The molecule has 3 heteroatoms. The van der Waals surface area contributed by atoms with Crippen molar-refractivity contribution < 1.29 is 15.0 Å². The number of phenols is 2. The highest BCUT2D eigenvalue weighted by atomic mass is 16.3. The van der Waals surface area contributed by atoms with Crippen LogP contribution in [0.25, 0.3) is 16.8 Å². The molecule has 2 aromatic carbocycles. The number of aromatic hydroxyl groups is 2. The Morgan fingerprint density at radius 3 is 2.35 bits per heavy atom. The van der Waals surface area contributed by atoms with Crippen LogP contribution in [0.15, 0.2) is 30.3 Å². The highest BCUT2D eigenvalue weighted by molar-refractivity contribution is 6.12. The van der Waals surface area contributed by atoms with Crippen LogP contribution in [0.3, 0.4) is 0 Å². The number of carbonyl (C=O) groups excluding carboxylic acids is 1. The minimum absolute atomic E-state index is 0.0391. The van der Waals surface area contributed by atoms with Crippen molar-refractivity contribution in [3.05, 3.63) is 41.5 Å². The standard InChI is InChI=1S/C14H10O3/c15-11-7-3-6-10-12(11)14(17)9-5-2-1-4-8(9)13(10)16/h1-6,16-17H,7H2. The predicted molar refractivity (Wildman–Crippen MR) is 65.3 cm³/mol. The Balaban J connectivity index is 2.54. The summed E-state index contributed by atoms with van der Waals surface area (Å²) in [5.41, 5.74) is 0.640. The lowest BCUT2D eigenvalue weighted by atomic mass is 9.90. The molecule has 2 aromatic rings. The monoisotopic (exact) mass is 226 g/mol. The Kier molecular flexibility index (Phi) is 1.95. The van der Waals surface area contributed by atoms with Crippen LogP contribution in [0.1, 0.15) is 22.3 Å². The Labute approximate surface area is 97.6 Å². The molecule has 3 rings (SSSR count). The van der Waals surface area contributed by atoms with Gasteiger partial charge < -0.3 is 10.2 Å². The number of phenolic OH excluding ortho intramolecular Hbond substituents is 2. The van der Waals surface area contributed by atoms with Gasteiger partial charge in [0.1, 0.15) is 11.5 Å². The van der Waals surface area contributed by atoms with Gasteiger partial charge in [-0.15, -0.1) is 0 Å². The molecule has 0 spiro atoms. The first-order valence-electron chi connectivity index (χ1n) is 5.36. The number of benzene rings is 2. The Hall–Kier alpha value is -2.29. The van der Waals surface area contributed by atoms with Crippen molar-refractivity contribution in [2.24, 2.45) is 0 Å². The molecule has 84 valence electrons. The maximum atomic E-state index is 11.8. The zero-order valence-electron chi connectivity index (χ0n) is 8.97. The number of rotatable bonds is 0. The molecule has 1 aliphatic rings. The van der Waals surface area contributed by atoms with E-state index in [2.05, 4.69) is 0 Å². The number of hydrogen-bond acceptors (Lipinski definition) is 3. The van der Waals surface area contributed by atoms with E-state index >= 15 is 0 Å². The zero-order valence-corrected chi connectivity index (χ0v) is 8.97. The second-order valence-corrected chi connectivity index (χ2v) is 4.06. The van der Waals surface area contributed by atoms with Gasteiger partial charge in [-0.2, -0.15) is 0 Å². The van der Waals surface area contributed by atoms with Crippen LogP contribution in [-0.4, -0.2) is 16.0 Å². The van der Waals surface area contributed by atoms with E-state index in [1.54, 1.807) is 36.4 Å². The van der Waals surface area contributed by atoms with Gasteiger partial charge in [0.05, 0.1) is 5.56 Å². The molecule has 0 amide bonds. The molecule has 0 aromatic heterocycles. The minimum Gasteiger partial charge on any atom is -0.507 e. The van der Waals surface area contributed by atoms with E-state index in [1.165, 1.54) is 0 Å². The van der Waals surface area contributed by atoms with Gasteiger partial charge in [-0.3, -0.25) is 4.79 Å². The zero-order chi connectivity index (χ0) is 12.0. The molecule has 0 heterocycles. The molecule has 1 aliphatic carbocycles. The van der Waals surface area contributed by atoms with Crippen LogP contribution in [0, 0.1) is 0 Å². The largest absolute Gasteiger partial charge is 0.507 e. The number of hydrogen-bond donors (Lipinski definition) is 2. The first-order chi connectivity index (χ1) is 8.20. The lowest BCUT2D eigenvalue weighted by Crippen LogP contribution is -2.05. The molecule has 0 aliphatic heterocycles. The molecule has 17 heavy (non-hydrogen) atoms. The number of allylic oxidation sites excluding steroid dienone is 1. The number of fused-ring (bicyclic) bond motifs is 2. The van der Waals surface area contributed by atoms with Gasteiger partial charge in [0.15, 0.2) is 5.78 Å². The summed E-state index contributed by atoms with van der Waals surface area (Å²) >= 11 is 0. The molecule has 0 saturated heterocycles. The summed E-state index contributed by atoms with van der Waals surface area (Å²) in [6.07, 6.45) is 3.63. The van der Waals surface area contributed by atoms with Crippen LogP contribution >= 0.6 is 0 Å². The second kappa shape index (κ2) is 3.35. The van der Waals surface area contributed by atoms with E-state index in [0.717, 1.165) is 0 Å². The fourth-order valence-electron chi connectivity index (χ4n) is 2.25. The van der Waals surface area contributed by atoms with Crippen LogP contribution in [0.5, 0.6) is 11.5 Å². The van der Waals surface area contributed by atoms with Gasteiger partial charge in [-0.05, 0) is 0 Å². The lowest BCUT2D eigenvalue weighted by molar-refractivity contribution is 0.0991. The van der Waals surface area contributed by atoms with Crippen LogP contribution in [0.4, 0.5) is 0 Å². The van der Waals surface area contributed by atoms with Gasteiger partial charge in [-0.25, -0.2) is 0 Å². The third kappa shape index (κ3) is 1.25. The summed E-state index contributed by atoms with van der Waals surface area (Å²) in [5.74, 6) is -0.151. The third-order valence-corrected chi connectivity index (χ3v) is 3.07. The van der Waals surface area contributed by atoms with E-state index in [1.807, 2.05) is 0 Å². The second-order valence-electron chi connectivity index (χ2n) is 4.06. The van der Waals surface area contributed by atoms with Gasteiger partial charge in [0.2, 0.25) is 0 Å². The number of ketones is 1. The highest BCUT2D eigenvalue weighted by Crippen LogP contribution is 2.42. The maximum Gasteiger partial charge on any atom is 0.171 e. The van der Waals surface area contributed by atoms with Crippen molar-refractivity contribution in [3.63, 3.8) is 0 Å². The quantitative estimate of drug-likeness (QED) is 0.679. The van der Waals surface area contributed by atoms with Crippen molar-refractivity contribution in [1.82, 2.24) is 0 Å². The SMILES string of the molecule is O=C1CC=Cc2c1c(O)c1ccccc1c2O. The van der Waals surface area contributed by atoms with E-state index in [4.69, 9.17) is 0 Å². The van der Waals surface area contributed by atoms with Gasteiger partial charge >= 0.3 is 0 Å². The third-order valence-electron chi connectivity index (χ3n) is 3.07. The summed E-state index contributed by atoms with van der Waals surface area (Å²) < 4.78 is 0. The minimum atomic E-state index is -0.166. The fraction of sp³-hybridized carbons (Fsp3) is 0.0714. The molecule has 0 unspecified atom stereocenters. The average molecular weight is 226 g/mol.